The second-order valence-electron chi connectivity index (χ2n) is 6.02. The molecule has 0 aliphatic carbocycles. The highest BCUT2D eigenvalue weighted by atomic mass is 19.1. The van der Waals surface area contributed by atoms with E-state index in [9.17, 15) is 9.18 Å². The van der Waals surface area contributed by atoms with Gasteiger partial charge in [0.2, 0.25) is 5.95 Å². The lowest BCUT2D eigenvalue weighted by Gasteiger charge is -2.10. The fourth-order valence-corrected chi connectivity index (χ4v) is 2.49. The molecule has 0 spiro atoms. The molecule has 0 bridgehead atoms. The smallest absolute Gasteiger partial charge is 0.274 e. The molecule has 0 radical (unpaired) electrons. The molecule has 5 nitrogen and oxygen atoms in total. The summed E-state index contributed by atoms with van der Waals surface area (Å²) in [7, 11) is 0. The van der Waals surface area contributed by atoms with Crippen molar-refractivity contribution in [2.45, 2.75) is 20.4 Å². The minimum absolute atomic E-state index is 0.265. The summed E-state index contributed by atoms with van der Waals surface area (Å²) < 4.78 is 12.9. The van der Waals surface area contributed by atoms with Gasteiger partial charge < -0.3 is 10.6 Å². The number of aryl methyl sites for hydroxylation is 2. The Morgan fingerprint density at radius 3 is 2.58 bits per heavy atom. The Kier molecular flexibility index (Phi) is 5.22. The number of carbonyl (C=O) groups is 1. The van der Waals surface area contributed by atoms with Gasteiger partial charge in [0.15, 0.2) is 0 Å². The molecule has 2 aromatic carbocycles. The zero-order valence-corrected chi connectivity index (χ0v) is 14.6. The Hall–Kier alpha value is -3.28. The molecule has 3 aromatic rings. The van der Waals surface area contributed by atoms with Crippen LogP contribution in [0.1, 0.15) is 27.2 Å². The number of nitrogens with one attached hydrogen (secondary N) is 2. The van der Waals surface area contributed by atoms with Gasteiger partial charge >= 0.3 is 0 Å². The molecule has 0 saturated heterocycles. The first-order valence-corrected chi connectivity index (χ1v) is 8.21. The van der Waals surface area contributed by atoms with Crippen LogP contribution in [0.4, 0.5) is 16.0 Å². The van der Waals surface area contributed by atoms with Gasteiger partial charge in [-0.15, -0.1) is 0 Å². The molecule has 2 N–H and O–H groups in total. The molecule has 1 heterocycles. The third-order valence-corrected chi connectivity index (χ3v) is 3.88. The van der Waals surface area contributed by atoms with Crippen molar-refractivity contribution in [1.82, 2.24) is 9.97 Å². The van der Waals surface area contributed by atoms with Crippen molar-refractivity contribution in [2.24, 2.45) is 0 Å². The fraction of sp³-hybridized carbons (Fsp3) is 0.150. The third-order valence-electron chi connectivity index (χ3n) is 3.88. The van der Waals surface area contributed by atoms with E-state index in [1.165, 1.54) is 18.3 Å². The second-order valence-corrected chi connectivity index (χ2v) is 6.02. The zero-order chi connectivity index (χ0) is 18.5. The average molecular weight is 350 g/mol. The number of anilines is 2. The first-order chi connectivity index (χ1) is 12.5. The van der Waals surface area contributed by atoms with Gasteiger partial charge in [0.05, 0.1) is 0 Å². The van der Waals surface area contributed by atoms with Crippen molar-refractivity contribution in [3.05, 3.63) is 82.9 Å². The highest BCUT2D eigenvalue weighted by Crippen LogP contribution is 2.17. The molecule has 0 saturated carbocycles. The first-order valence-electron chi connectivity index (χ1n) is 8.21. The number of aromatic nitrogens is 2. The van der Waals surface area contributed by atoms with Crippen LogP contribution < -0.4 is 10.6 Å². The quantitative estimate of drug-likeness (QED) is 0.727. The second kappa shape index (κ2) is 7.74. The van der Waals surface area contributed by atoms with Crippen LogP contribution in [-0.4, -0.2) is 15.9 Å². The Labute approximate surface area is 151 Å². The number of benzene rings is 2. The Balaban J connectivity index is 1.67. The van der Waals surface area contributed by atoms with E-state index >= 15 is 0 Å². The molecule has 6 heteroatoms. The summed E-state index contributed by atoms with van der Waals surface area (Å²) in [5.41, 5.74) is 4.03. The number of nitrogens with zero attached hydrogens (tertiary/aromatic N) is 2. The SMILES string of the molecule is Cc1ccc(NC(=O)c2ccnc(NCc3ccc(F)cc3)n2)c(C)c1. The third kappa shape index (κ3) is 4.42. The predicted molar refractivity (Wildman–Crippen MR) is 99.6 cm³/mol. The van der Waals surface area contributed by atoms with Crippen LogP contribution in [0.25, 0.3) is 0 Å². The predicted octanol–water partition coefficient (Wildman–Crippen LogP) is 4.10. The van der Waals surface area contributed by atoms with Gasteiger partial charge in [-0.2, -0.15) is 0 Å². The standard InChI is InChI=1S/C20H19FN4O/c1-13-3-8-17(14(2)11-13)24-19(26)18-9-10-22-20(25-18)23-12-15-4-6-16(21)7-5-15/h3-11H,12H2,1-2H3,(H,24,26)(H,22,23,25). The van der Waals surface area contributed by atoms with Crippen molar-refractivity contribution in [3.8, 4) is 0 Å². The minimum Gasteiger partial charge on any atom is -0.350 e. The van der Waals surface area contributed by atoms with Gasteiger partial charge in [0.25, 0.3) is 5.91 Å². The minimum atomic E-state index is -0.302. The van der Waals surface area contributed by atoms with Crippen LogP contribution >= 0.6 is 0 Å². The van der Waals surface area contributed by atoms with Gasteiger partial charge in [-0.05, 0) is 49.2 Å². The summed E-state index contributed by atoms with van der Waals surface area (Å²) in [6, 6.07) is 13.5. The molecule has 1 amide bonds. The van der Waals surface area contributed by atoms with E-state index < -0.39 is 0 Å². The fourth-order valence-electron chi connectivity index (χ4n) is 2.49. The van der Waals surface area contributed by atoms with Gasteiger partial charge in [0.1, 0.15) is 11.5 Å². The van der Waals surface area contributed by atoms with Crippen molar-refractivity contribution < 1.29 is 9.18 Å². The normalized spacial score (nSPS) is 10.4. The van der Waals surface area contributed by atoms with Gasteiger partial charge in [0, 0.05) is 18.4 Å². The van der Waals surface area contributed by atoms with Crippen LogP contribution in [0.3, 0.4) is 0 Å². The Bertz CT molecular complexity index is 925. The lowest BCUT2D eigenvalue weighted by atomic mass is 10.1. The molecule has 26 heavy (non-hydrogen) atoms. The monoisotopic (exact) mass is 350 g/mol. The van der Waals surface area contributed by atoms with Crippen LogP contribution in [0, 0.1) is 19.7 Å². The average Bonchev–Trinajstić information content (AvgIpc) is 2.64. The summed E-state index contributed by atoms with van der Waals surface area (Å²) in [6.45, 7) is 4.38. The molecule has 1 aromatic heterocycles. The summed E-state index contributed by atoms with van der Waals surface area (Å²) in [5, 5.41) is 5.90. The van der Waals surface area contributed by atoms with Gasteiger partial charge in [-0.25, -0.2) is 14.4 Å². The summed E-state index contributed by atoms with van der Waals surface area (Å²) >= 11 is 0. The number of carbonyl (C=O) groups excluding carboxylic acids is 1. The molecule has 0 unspecified atom stereocenters. The van der Waals surface area contributed by atoms with Gasteiger partial charge in [-0.3, -0.25) is 4.79 Å². The highest BCUT2D eigenvalue weighted by Gasteiger charge is 2.10. The van der Waals surface area contributed by atoms with E-state index in [0.717, 1.165) is 22.4 Å². The van der Waals surface area contributed by atoms with Crippen molar-refractivity contribution in [3.63, 3.8) is 0 Å². The highest BCUT2D eigenvalue weighted by molar-refractivity contribution is 6.03. The molecular weight excluding hydrogens is 331 g/mol. The zero-order valence-electron chi connectivity index (χ0n) is 14.6. The van der Waals surface area contributed by atoms with Crippen LogP contribution in [0.5, 0.6) is 0 Å². The molecule has 0 aliphatic rings. The largest absolute Gasteiger partial charge is 0.350 e. The molecule has 0 aliphatic heterocycles. The summed E-state index contributed by atoms with van der Waals surface area (Å²) in [6.07, 6.45) is 1.52. The molecule has 3 rings (SSSR count). The van der Waals surface area contributed by atoms with E-state index in [-0.39, 0.29) is 17.4 Å². The number of rotatable bonds is 5. The maximum Gasteiger partial charge on any atom is 0.274 e. The lowest BCUT2D eigenvalue weighted by Crippen LogP contribution is -2.16. The number of amides is 1. The first kappa shape index (κ1) is 17.5. The molecule has 0 atom stereocenters. The van der Waals surface area contributed by atoms with Crippen LogP contribution in [0.2, 0.25) is 0 Å². The number of hydrogen-bond acceptors (Lipinski definition) is 4. The van der Waals surface area contributed by atoms with Crippen molar-refractivity contribution >= 4 is 17.5 Å². The topological polar surface area (TPSA) is 66.9 Å². The Morgan fingerprint density at radius 1 is 1.08 bits per heavy atom. The van der Waals surface area contributed by atoms with Crippen molar-refractivity contribution in [1.29, 1.82) is 0 Å². The van der Waals surface area contributed by atoms with Gasteiger partial charge in [-0.1, -0.05) is 29.8 Å². The van der Waals surface area contributed by atoms with Crippen LogP contribution in [0.15, 0.2) is 54.7 Å². The molecular formula is C20H19FN4O. The van der Waals surface area contributed by atoms with Crippen molar-refractivity contribution in [2.75, 3.05) is 10.6 Å². The lowest BCUT2D eigenvalue weighted by molar-refractivity contribution is 0.102. The number of halogens is 1. The molecule has 0 fully saturated rings. The Morgan fingerprint density at radius 2 is 1.85 bits per heavy atom. The van der Waals surface area contributed by atoms with E-state index in [0.29, 0.717) is 12.5 Å². The molecule has 132 valence electrons. The van der Waals surface area contributed by atoms with Crippen LogP contribution in [-0.2, 0) is 6.54 Å². The maximum atomic E-state index is 12.9. The van der Waals surface area contributed by atoms with E-state index in [1.807, 2.05) is 32.0 Å². The van der Waals surface area contributed by atoms with E-state index in [2.05, 4.69) is 20.6 Å². The van der Waals surface area contributed by atoms with E-state index in [4.69, 9.17) is 0 Å². The summed E-state index contributed by atoms with van der Waals surface area (Å²) in [4.78, 5) is 20.8. The van der Waals surface area contributed by atoms with E-state index in [1.54, 1.807) is 18.2 Å². The summed E-state index contributed by atoms with van der Waals surface area (Å²) in [5.74, 6) is -0.248. The number of hydrogen-bond donors (Lipinski definition) is 2. The maximum absolute atomic E-state index is 12.9.